The molecule has 1 amide bonds. The molecule has 0 aliphatic carbocycles. The van der Waals surface area contributed by atoms with Crippen molar-refractivity contribution in [2.75, 3.05) is 18.2 Å². The van der Waals surface area contributed by atoms with Crippen LogP contribution in [0, 0.1) is 0 Å². The third kappa shape index (κ3) is 3.51. The first-order valence-electron chi connectivity index (χ1n) is 8.79. The van der Waals surface area contributed by atoms with Crippen LogP contribution in [0.1, 0.15) is 18.1 Å². The summed E-state index contributed by atoms with van der Waals surface area (Å²) in [6.07, 6.45) is 2.88. The highest BCUT2D eigenvalue weighted by molar-refractivity contribution is 6.00. The first kappa shape index (κ1) is 17.1. The Hall–Kier alpha value is -3.28. The maximum absolute atomic E-state index is 12.6. The lowest BCUT2D eigenvalue weighted by molar-refractivity contribution is -0.149. The molecule has 0 saturated heterocycles. The molecule has 0 N–H and O–H groups in total. The van der Waals surface area contributed by atoms with Crippen LogP contribution in [0.3, 0.4) is 0 Å². The lowest BCUT2D eigenvalue weighted by Crippen LogP contribution is -2.38. The van der Waals surface area contributed by atoms with Crippen LogP contribution >= 0.6 is 0 Å². The second-order valence-electron chi connectivity index (χ2n) is 6.39. The first-order chi connectivity index (χ1) is 13.1. The number of ether oxygens (including phenoxy) is 3. The fourth-order valence-electron chi connectivity index (χ4n) is 3.23. The van der Waals surface area contributed by atoms with Crippen molar-refractivity contribution in [3.05, 3.63) is 59.7 Å². The molecule has 2 aromatic carbocycles. The van der Waals surface area contributed by atoms with Crippen LogP contribution in [0.5, 0.6) is 11.5 Å². The van der Waals surface area contributed by atoms with Gasteiger partial charge in [-0.15, -0.1) is 0 Å². The number of amides is 1. The highest BCUT2D eigenvalue weighted by atomic mass is 16.7. The minimum Gasteiger partial charge on any atom is -0.454 e. The van der Waals surface area contributed by atoms with E-state index in [9.17, 15) is 9.59 Å². The van der Waals surface area contributed by atoms with Gasteiger partial charge in [0, 0.05) is 18.3 Å². The highest BCUT2D eigenvalue weighted by Gasteiger charge is 2.29. The zero-order chi connectivity index (χ0) is 18.8. The van der Waals surface area contributed by atoms with Gasteiger partial charge in [0.1, 0.15) is 0 Å². The van der Waals surface area contributed by atoms with Gasteiger partial charge in [-0.05, 0) is 48.7 Å². The molecule has 138 valence electrons. The largest absolute Gasteiger partial charge is 0.454 e. The lowest BCUT2D eigenvalue weighted by Gasteiger charge is -2.21. The van der Waals surface area contributed by atoms with Crippen molar-refractivity contribution in [1.29, 1.82) is 0 Å². The molecule has 6 heteroatoms. The Balaban J connectivity index is 1.37. The Kier molecular flexibility index (Phi) is 4.54. The van der Waals surface area contributed by atoms with E-state index in [4.69, 9.17) is 14.2 Å². The minimum absolute atomic E-state index is 0.198. The number of hydrogen-bond acceptors (Lipinski definition) is 5. The summed E-state index contributed by atoms with van der Waals surface area (Å²) >= 11 is 0. The molecule has 2 aliphatic rings. The number of esters is 1. The number of carbonyl (C=O) groups excluding carboxylic acids is 2. The van der Waals surface area contributed by atoms with Crippen LogP contribution in [-0.2, 0) is 20.7 Å². The van der Waals surface area contributed by atoms with E-state index in [1.54, 1.807) is 30.0 Å². The number of rotatable bonds is 4. The number of fused-ring (bicyclic) bond motifs is 2. The molecule has 0 saturated carbocycles. The SMILES string of the molecule is C[C@H](OC(=O)/C=C/c1ccc2c(c1)OCO2)C(=O)N1CCc2ccccc21. The molecule has 4 rings (SSSR count). The van der Waals surface area contributed by atoms with Crippen molar-refractivity contribution >= 4 is 23.6 Å². The number of benzene rings is 2. The quantitative estimate of drug-likeness (QED) is 0.616. The van der Waals surface area contributed by atoms with E-state index < -0.39 is 12.1 Å². The normalized spacial score (nSPS) is 15.7. The standard InChI is InChI=1S/C21H19NO5/c1-14(21(24)22-11-10-16-4-2-3-5-17(16)22)27-20(23)9-7-15-6-8-18-19(12-15)26-13-25-18/h2-9,12,14H,10-11,13H2,1H3/b9-7+/t14-/m0/s1. The third-order valence-electron chi connectivity index (χ3n) is 4.60. The van der Waals surface area contributed by atoms with Crippen LogP contribution in [-0.4, -0.2) is 31.3 Å². The van der Waals surface area contributed by atoms with E-state index in [-0.39, 0.29) is 12.7 Å². The summed E-state index contributed by atoms with van der Waals surface area (Å²) in [5.74, 6) is 0.535. The molecule has 2 aliphatic heterocycles. The molecule has 2 aromatic rings. The smallest absolute Gasteiger partial charge is 0.331 e. The van der Waals surface area contributed by atoms with E-state index in [0.29, 0.717) is 18.0 Å². The van der Waals surface area contributed by atoms with Crippen molar-refractivity contribution in [2.24, 2.45) is 0 Å². The van der Waals surface area contributed by atoms with Crippen molar-refractivity contribution in [3.8, 4) is 11.5 Å². The first-order valence-corrected chi connectivity index (χ1v) is 8.79. The Labute approximate surface area is 156 Å². The van der Waals surface area contributed by atoms with Gasteiger partial charge in [-0.1, -0.05) is 24.3 Å². The average Bonchev–Trinajstić information content (AvgIpc) is 3.32. The van der Waals surface area contributed by atoms with Crippen LogP contribution in [0.15, 0.2) is 48.5 Å². The number of nitrogens with zero attached hydrogens (tertiary/aromatic N) is 1. The second kappa shape index (κ2) is 7.15. The summed E-state index contributed by atoms with van der Waals surface area (Å²) in [4.78, 5) is 26.4. The Bertz CT molecular complexity index is 921. The number of hydrogen-bond donors (Lipinski definition) is 0. The molecule has 0 fully saturated rings. The highest BCUT2D eigenvalue weighted by Crippen LogP contribution is 2.33. The predicted molar refractivity (Wildman–Crippen MR) is 99.7 cm³/mol. The fraction of sp³-hybridized carbons (Fsp3) is 0.238. The van der Waals surface area contributed by atoms with Crippen LogP contribution in [0.2, 0.25) is 0 Å². The van der Waals surface area contributed by atoms with Gasteiger partial charge in [0.15, 0.2) is 17.6 Å². The molecule has 1 atom stereocenters. The molecule has 2 heterocycles. The van der Waals surface area contributed by atoms with Crippen LogP contribution in [0.25, 0.3) is 6.08 Å². The van der Waals surface area contributed by atoms with Gasteiger partial charge in [-0.2, -0.15) is 0 Å². The summed E-state index contributed by atoms with van der Waals surface area (Å²) in [7, 11) is 0. The Morgan fingerprint density at radius 3 is 2.85 bits per heavy atom. The van der Waals surface area contributed by atoms with E-state index in [2.05, 4.69) is 0 Å². The van der Waals surface area contributed by atoms with Crippen molar-refractivity contribution in [3.63, 3.8) is 0 Å². The van der Waals surface area contributed by atoms with Crippen molar-refractivity contribution in [2.45, 2.75) is 19.4 Å². The molecule has 0 bridgehead atoms. The molecular formula is C21H19NO5. The summed E-state index contributed by atoms with van der Waals surface area (Å²) in [6, 6.07) is 13.1. The van der Waals surface area contributed by atoms with Gasteiger partial charge < -0.3 is 19.1 Å². The topological polar surface area (TPSA) is 65.1 Å². The number of para-hydroxylation sites is 1. The van der Waals surface area contributed by atoms with Gasteiger partial charge in [-0.3, -0.25) is 4.79 Å². The van der Waals surface area contributed by atoms with Crippen LogP contribution < -0.4 is 14.4 Å². The monoisotopic (exact) mass is 365 g/mol. The zero-order valence-corrected chi connectivity index (χ0v) is 14.9. The average molecular weight is 365 g/mol. The van der Waals surface area contributed by atoms with Gasteiger partial charge in [0.2, 0.25) is 6.79 Å². The number of carbonyl (C=O) groups is 2. The van der Waals surface area contributed by atoms with E-state index in [1.165, 1.54) is 6.08 Å². The molecule has 27 heavy (non-hydrogen) atoms. The van der Waals surface area contributed by atoms with Crippen LogP contribution in [0.4, 0.5) is 5.69 Å². The minimum atomic E-state index is -0.856. The molecular weight excluding hydrogens is 346 g/mol. The molecule has 0 spiro atoms. The van der Waals surface area contributed by atoms with Crippen molar-refractivity contribution < 1.29 is 23.8 Å². The lowest BCUT2D eigenvalue weighted by atomic mass is 10.2. The Morgan fingerprint density at radius 1 is 1.15 bits per heavy atom. The van der Waals surface area contributed by atoms with E-state index >= 15 is 0 Å². The van der Waals surface area contributed by atoms with Gasteiger partial charge >= 0.3 is 5.97 Å². The van der Waals surface area contributed by atoms with Gasteiger partial charge in [0.25, 0.3) is 5.91 Å². The van der Waals surface area contributed by atoms with Gasteiger partial charge in [-0.25, -0.2) is 4.79 Å². The molecule has 0 aromatic heterocycles. The maximum Gasteiger partial charge on any atom is 0.331 e. The fourth-order valence-corrected chi connectivity index (χ4v) is 3.23. The summed E-state index contributed by atoms with van der Waals surface area (Å²) in [5, 5.41) is 0. The maximum atomic E-state index is 12.6. The van der Waals surface area contributed by atoms with Gasteiger partial charge in [0.05, 0.1) is 0 Å². The zero-order valence-electron chi connectivity index (χ0n) is 14.9. The molecule has 6 nitrogen and oxygen atoms in total. The predicted octanol–water partition coefficient (Wildman–Crippen LogP) is 2.95. The summed E-state index contributed by atoms with van der Waals surface area (Å²) in [5.41, 5.74) is 2.80. The van der Waals surface area contributed by atoms with E-state index in [1.807, 2.05) is 30.3 Å². The third-order valence-corrected chi connectivity index (χ3v) is 4.60. The number of anilines is 1. The Morgan fingerprint density at radius 2 is 1.96 bits per heavy atom. The summed E-state index contributed by atoms with van der Waals surface area (Å²) < 4.78 is 15.8. The molecule has 0 radical (unpaired) electrons. The molecule has 0 unspecified atom stereocenters. The van der Waals surface area contributed by atoms with E-state index in [0.717, 1.165) is 23.2 Å². The van der Waals surface area contributed by atoms with Crippen molar-refractivity contribution in [1.82, 2.24) is 0 Å². The second-order valence-corrected chi connectivity index (χ2v) is 6.39. The summed E-state index contributed by atoms with van der Waals surface area (Å²) in [6.45, 7) is 2.40.